The van der Waals surface area contributed by atoms with E-state index in [-0.39, 0.29) is 0 Å². The van der Waals surface area contributed by atoms with Crippen LogP contribution in [-0.4, -0.2) is 36.7 Å². The molecular weight excluding hydrogens is 268 g/mol. The van der Waals surface area contributed by atoms with Crippen LogP contribution in [0.15, 0.2) is 0 Å². The zero-order valence-corrected chi connectivity index (χ0v) is 13.9. The molecule has 1 rings (SSSR count). The van der Waals surface area contributed by atoms with Gasteiger partial charge in [0.15, 0.2) is 0 Å². The Kier molecular flexibility index (Phi) is 7.74. The van der Waals surface area contributed by atoms with E-state index in [0.717, 1.165) is 25.9 Å². The summed E-state index contributed by atoms with van der Waals surface area (Å²) in [5.41, 5.74) is 0. The molecule has 7 heteroatoms. The number of hydroxylamine groups is 1. The van der Waals surface area contributed by atoms with E-state index in [9.17, 15) is 0 Å². The van der Waals surface area contributed by atoms with E-state index in [1.54, 1.807) is 5.06 Å². The molecule has 0 spiro atoms. The SMILES string of the molecule is CCCNc1nc(NCCC)[nH+]c(N(C)OCC(C)C)n1. The summed E-state index contributed by atoms with van der Waals surface area (Å²) in [6, 6.07) is 0. The number of rotatable bonds is 10. The van der Waals surface area contributed by atoms with Crippen molar-refractivity contribution in [1.82, 2.24) is 9.97 Å². The number of hydrogen-bond acceptors (Lipinski definition) is 6. The normalized spacial score (nSPS) is 10.8. The number of nitrogens with one attached hydrogen (secondary N) is 3. The lowest BCUT2D eigenvalue weighted by molar-refractivity contribution is -0.360. The fraction of sp³-hybridized carbons (Fsp3) is 0.786. The summed E-state index contributed by atoms with van der Waals surface area (Å²) in [6.07, 6.45) is 2.05. The van der Waals surface area contributed by atoms with Crippen molar-refractivity contribution in [2.75, 3.05) is 42.4 Å². The van der Waals surface area contributed by atoms with Crippen molar-refractivity contribution in [1.29, 1.82) is 0 Å². The highest BCUT2D eigenvalue weighted by molar-refractivity contribution is 5.35. The lowest BCUT2D eigenvalue weighted by atomic mass is 10.2. The van der Waals surface area contributed by atoms with Crippen molar-refractivity contribution in [2.24, 2.45) is 5.92 Å². The molecule has 0 aliphatic heterocycles. The van der Waals surface area contributed by atoms with Crippen molar-refractivity contribution in [3.8, 4) is 0 Å². The van der Waals surface area contributed by atoms with E-state index in [2.05, 4.69) is 53.3 Å². The van der Waals surface area contributed by atoms with E-state index in [4.69, 9.17) is 4.84 Å². The van der Waals surface area contributed by atoms with Gasteiger partial charge in [-0.05, 0) is 18.8 Å². The van der Waals surface area contributed by atoms with Crippen LogP contribution in [0, 0.1) is 5.92 Å². The Morgan fingerprint density at radius 1 is 1.14 bits per heavy atom. The van der Waals surface area contributed by atoms with E-state index in [0.29, 0.717) is 30.4 Å². The van der Waals surface area contributed by atoms with Gasteiger partial charge >= 0.3 is 17.8 Å². The van der Waals surface area contributed by atoms with Crippen molar-refractivity contribution in [3.63, 3.8) is 0 Å². The molecule has 0 aliphatic rings. The van der Waals surface area contributed by atoms with Crippen molar-refractivity contribution >= 4 is 17.8 Å². The fourth-order valence-electron chi connectivity index (χ4n) is 1.51. The van der Waals surface area contributed by atoms with Crippen LogP contribution in [0.5, 0.6) is 0 Å². The summed E-state index contributed by atoms with van der Waals surface area (Å²) in [6.45, 7) is 10.8. The van der Waals surface area contributed by atoms with Gasteiger partial charge in [-0.25, -0.2) is 9.82 Å². The molecule has 7 nitrogen and oxygen atoms in total. The van der Waals surface area contributed by atoms with Gasteiger partial charge in [-0.15, -0.1) is 0 Å². The van der Waals surface area contributed by atoms with Crippen molar-refractivity contribution in [2.45, 2.75) is 40.5 Å². The van der Waals surface area contributed by atoms with Crippen LogP contribution in [-0.2, 0) is 4.84 Å². The summed E-state index contributed by atoms with van der Waals surface area (Å²) < 4.78 is 0. The van der Waals surface area contributed by atoms with Gasteiger partial charge in [0.2, 0.25) is 0 Å². The first-order valence-corrected chi connectivity index (χ1v) is 7.72. The average Bonchev–Trinajstić information content (AvgIpc) is 2.48. The smallest absolute Gasteiger partial charge is 0.337 e. The monoisotopic (exact) mass is 297 g/mol. The van der Waals surface area contributed by atoms with Gasteiger partial charge in [-0.2, -0.15) is 5.06 Å². The van der Waals surface area contributed by atoms with E-state index >= 15 is 0 Å². The third-order valence-corrected chi connectivity index (χ3v) is 2.64. The van der Waals surface area contributed by atoms with Gasteiger partial charge in [0, 0.05) is 13.1 Å². The lowest BCUT2D eigenvalue weighted by Gasteiger charge is -2.14. The Morgan fingerprint density at radius 2 is 1.81 bits per heavy atom. The molecule has 1 aromatic heterocycles. The maximum atomic E-state index is 5.66. The number of aromatic amines is 1. The molecule has 120 valence electrons. The highest BCUT2D eigenvalue weighted by atomic mass is 16.7. The average molecular weight is 297 g/mol. The second kappa shape index (κ2) is 9.33. The topological polar surface area (TPSA) is 76.5 Å². The van der Waals surface area contributed by atoms with Gasteiger partial charge in [-0.1, -0.05) is 37.7 Å². The molecule has 0 aliphatic carbocycles. The zero-order valence-electron chi connectivity index (χ0n) is 13.9. The maximum absolute atomic E-state index is 5.66. The number of nitrogens with zero attached hydrogens (tertiary/aromatic N) is 3. The number of aromatic nitrogens is 3. The van der Waals surface area contributed by atoms with Crippen LogP contribution in [0.25, 0.3) is 0 Å². The van der Waals surface area contributed by atoms with Crippen molar-refractivity contribution < 1.29 is 9.82 Å². The standard InChI is InChI=1S/C14H28N6O/c1-6-8-15-12-17-13(16-9-7-2)19-14(18-12)20(5)21-10-11(3)4/h11H,6-10H2,1-5H3,(H2,15,16,17,18,19)/p+1. The summed E-state index contributed by atoms with van der Waals surface area (Å²) in [5.74, 6) is 2.39. The minimum Gasteiger partial charge on any atom is -0.337 e. The first-order chi connectivity index (χ1) is 10.1. The fourth-order valence-corrected chi connectivity index (χ4v) is 1.51. The predicted octanol–water partition coefficient (Wildman–Crippen LogP) is 1.96. The molecule has 1 aromatic rings. The molecule has 1 heterocycles. The minimum atomic E-state index is 0.463. The highest BCUT2D eigenvalue weighted by Gasteiger charge is 2.17. The third kappa shape index (κ3) is 6.57. The summed E-state index contributed by atoms with van der Waals surface area (Å²) in [4.78, 5) is 17.7. The molecule has 0 amide bonds. The van der Waals surface area contributed by atoms with Gasteiger partial charge in [0.1, 0.15) is 0 Å². The van der Waals surface area contributed by atoms with Gasteiger partial charge in [0.25, 0.3) is 0 Å². The second-order valence-corrected chi connectivity index (χ2v) is 5.39. The molecule has 0 unspecified atom stereocenters. The van der Waals surface area contributed by atoms with Gasteiger partial charge in [0.05, 0.1) is 13.7 Å². The molecule has 0 bridgehead atoms. The molecular formula is C14H29N6O+. The van der Waals surface area contributed by atoms with Crippen LogP contribution in [0.2, 0.25) is 0 Å². The molecule has 0 saturated heterocycles. The summed E-state index contributed by atoms with van der Waals surface area (Å²) in [7, 11) is 1.84. The minimum absolute atomic E-state index is 0.463. The quantitative estimate of drug-likeness (QED) is 0.643. The number of anilines is 3. The molecule has 0 aromatic carbocycles. The Bertz CT molecular complexity index is 386. The highest BCUT2D eigenvalue weighted by Crippen LogP contribution is 2.09. The van der Waals surface area contributed by atoms with Crippen LogP contribution in [0.3, 0.4) is 0 Å². The second-order valence-electron chi connectivity index (χ2n) is 5.39. The van der Waals surface area contributed by atoms with Crippen LogP contribution in [0.4, 0.5) is 17.8 Å². The molecule has 0 saturated carbocycles. The van der Waals surface area contributed by atoms with Crippen LogP contribution >= 0.6 is 0 Å². The van der Waals surface area contributed by atoms with E-state index in [1.807, 2.05) is 7.05 Å². The van der Waals surface area contributed by atoms with E-state index in [1.165, 1.54) is 0 Å². The van der Waals surface area contributed by atoms with E-state index < -0.39 is 0 Å². The Hall–Kier alpha value is -1.63. The summed E-state index contributed by atoms with van der Waals surface area (Å²) >= 11 is 0. The molecule has 0 atom stereocenters. The maximum Gasteiger partial charge on any atom is 0.351 e. The van der Waals surface area contributed by atoms with Crippen molar-refractivity contribution in [3.05, 3.63) is 0 Å². The van der Waals surface area contributed by atoms with Gasteiger partial charge < -0.3 is 10.6 Å². The Labute approximate surface area is 127 Å². The third-order valence-electron chi connectivity index (χ3n) is 2.64. The molecule has 0 radical (unpaired) electrons. The van der Waals surface area contributed by atoms with Crippen LogP contribution < -0.4 is 20.7 Å². The largest absolute Gasteiger partial charge is 0.351 e. The number of H-pyrrole nitrogens is 1. The Morgan fingerprint density at radius 3 is 2.43 bits per heavy atom. The zero-order chi connectivity index (χ0) is 15.7. The lowest BCUT2D eigenvalue weighted by Crippen LogP contribution is -2.31. The Balaban J connectivity index is 2.83. The first kappa shape index (κ1) is 17.4. The first-order valence-electron chi connectivity index (χ1n) is 7.72. The van der Waals surface area contributed by atoms with Crippen LogP contribution in [0.1, 0.15) is 40.5 Å². The number of hydrogen-bond donors (Lipinski definition) is 2. The molecule has 0 fully saturated rings. The predicted molar refractivity (Wildman–Crippen MR) is 85.3 cm³/mol. The molecule has 3 N–H and O–H groups in total. The summed E-state index contributed by atoms with van der Waals surface area (Å²) in [5, 5.41) is 8.10. The molecule has 21 heavy (non-hydrogen) atoms. The van der Waals surface area contributed by atoms with Gasteiger partial charge in [-0.3, -0.25) is 0 Å².